The summed E-state index contributed by atoms with van der Waals surface area (Å²) >= 11 is 1.47. The van der Waals surface area contributed by atoms with Crippen molar-refractivity contribution >= 4 is 23.1 Å². The SMILES string of the molecule is CCC(C(=O)NCc1cscn1)C(N)=NO. The zero-order chi connectivity index (χ0) is 12.0. The Hall–Kier alpha value is -1.63. The smallest absolute Gasteiger partial charge is 0.231 e. The van der Waals surface area contributed by atoms with Crippen LogP contribution in [0.1, 0.15) is 19.0 Å². The largest absolute Gasteiger partial charge is 0.409 e. The average Bonchev–Trinajstić information content (AvgIpc) is 2.79. The van der Waals surface area contributed by atoms with Gasteiger partial charge in [-0.1, -0.05) is 12.1 Å². The minimum Gasteiger partial charge on any atom is -0.409 e. The third-order valence-corrected chi connectivity index (χ3v) is 2.76. The summed E-state index contributed by atoms with van der Waals surface area (Å²) in [6.45, 7) is 2.16. The van der Waals surface area contributed by atoms with Crippen LogP contribution in [0.15, 0.2) is 16.0 Å². The van der Waals surface area contributed by atoms with Gasteiger partial charge in [0.2, 0.25) is 5.91 Å². The molecule has 1 aromatic rings. The lowest BCUT2D eigenvalue weighted by Gasteiger charge is -2.12. The molecular weight excluding hydrogens is 228 g/mol. The summed E-state index contributed by atoms with van der Waals surface area (Å²) in [5.41, 5.74) is 7.90. The molecule has 0 aliphatic heterocycles. The summed E-state index contributed by atoms with van der Waals surface area (Å²) in [5.74, 6) is -0.923. The van der Waals surface area contributed by atoms with Gasteiger partial charge in [0.25, 0.3) is 0 Å². The van der Waals surface area contributed by atoms with Gasteiger partial charge < -0.3 is 16.3 Å². The molecule has 0 fully saturated rings. The summed E-state index contributed by atoms with van der Waals surface area (Å²) in [6, 6.07) is 0. The molecule has 0 saturated heterocycles. The maximum absolute atomic E-state index is 11.7. The summed E-state index contributed by atoms with van der Waals surface area (Å²) in [7, 11) is 0. The summed E-state index contributed by atoms with van der Waals surface area (Å²) in [5, 5.41) is 15.9. The predicted octanol–water partition coefficient (Wildman–Crippen LogP) is 0.532. The highest BCUT2D eigenvalue weighted by atomic mass is 32.1. The Labute approximate surface area is 97.2 Å². The van der Waals surface area contributed by atoms with Crippen molar-refractivity contribution in [2.75, 3.05) is 0 Å². The third-order valence-electron chi connectivity index (χ3n) is 2.12. The molecule has 7 heteroatoms. The Balaban J connectivity index is 2.50. The normalized spacial score (nSPS) is 13.4. The molecule has 1 amide bonds. The number of aromatic nitrogens is 1. The number of rotatable bonds is 5. The number of hydrogen-bond donors (Lipinski definition) is 3. The maximum Gasteiger partial charge on any atom is 0.231 e. The molecule has 0 radical (unpaired) electrons. The van der Waals surface area contributed by atoms with Crippen molar-refractivity contribution in [3.8, 4) is 0 Å². The van der Waals surface area contributed by atoms with Crippen LogP contribution in [0.5, 0.6) is 0 Å². The van der Waals surface area contributed by atoms with E-state index in [1.807, 2.05) is 5.38 Å². The first-order valence-electron chi connectivity index (χ1n) is 4.81. The van der Waals surface area contributed by atoms with Crippen LogP contribution >= 0.6 is 11.3 Å². The van der Waals surface area contributed by atoms with Crippen molar-refractivity contribution in [2.24, 2.45) is 16.8 Å². The lowest BCUT2D eigenvalue weighted by atomic mass is 10.0. The number of hydrogen-bond acceptors (Lipinski definition) is 5. The molecule has 1 unspecified atom stereocenters. The number of oxime groups is 1. The van der Waals surface area contributed by atoms with Crippen LogP contribution < -0.4 is 11.1 Å². The molecule has 0 aromatic carbocycles. The van der Waals surface area contributed by atoms with Crippen LogP contribution in [-0.2, 0) is 11.3 Å². The molecule has 1 atom stereocenters. The first-order valence-corrected chi connectivity index (χ1v) is 5.75. The van der Waals surface area contributed by atoms with Gasteiger partial charge in [-0.15, -0.1) is 11.3 Å². The van der Waals surface area contributed by atoms with Crippen LogP contribution in [0.2, 0.25) is 0 Å². The van der Waals surface area contributed by atoms with Crippen molar-refractivity contribution in [3.63, 3.8) is 0 Å². The zero-order valence-electron chi connectivity index (χ0n) is 8.88. The van der Waals surface area contributed by atoms with E-state index in [9.17, 15) is 4.79 Å². The number of carbonyl (C=O) groups is 1. The molecule has 4 N–H and O–H groups in total. The van der Waals surface area contributed by atoms with Crippen LogP contribution in [0.25, 0.3) is 0 Å². The van der Waals surface area contributed by atoms with E-state index in [1.165, 1.54) is 11.3 Å². The Morgan fingerprint density at radius 3 is 3.06 bits per heavy atom. The molecule has 1 rings (SSSR count). The van der Waals surface area contributed by atoms with Crippen LogP contribution in [0.4, 0.5) is 0 Å². The summed E-state index contributed by atoms with van der Waals surface area (Å²) < 4.78 is 0. The standard InChI is InChI=1S/C9H14N4O2S/c1-2-7(8(10)13-15)9(14)11-3-6-4-16-5-12-6/h4-5,7,15H,2-3H2,1H3,(H2,10,13)(H,11,14). The van der Waals surface area contributed by atoms with E-state index < -0.39 is 5.92 Å². The quantitative estimate of drug-likeness (QED) is 0.303. The maximum atomic E-state index is 11.7. The molecule has 0 saturated carbocycles. The van der Waals surface area contributed by atoms with Crippen LogP contribution in [0, 0.1) is 5.92 Å². The second-order valence-electron chi connectivity index (χ2n) is 3.18. The fourth-order valence-electron chi connectivity index (χ4n) is 1.22. The van der Waals surface area contributed by atoms with Gasteiger partial charge in [-0.2, -0.15) is 0 Å². The highest BCUT2D eigenvalue weighted by Gasteiger charge is 2.20. The number of amidine groups is 1. The molecule has 1 aromatic heterocycles. The average molecular weight is 242 g/mol. The number of nitrogens with two attached hydrogens (primary N) is 1. The molecule has 0 spiro atoms. The predicted molar refractivity (Wildman–Crippen MR) is 61.2 cm³/mol. The number of amides is 1. The molecule has 6 nitrogen and oxygen atoms in total. The van der Waals surface area contributed by atoms with Gasteiger partial charge in [-0.25, -0.2) is 4.98 Å². The van der Waals surface area contributed by atoms with Crippen molar-refractivity contribution in [2.45, 2.75) is 19.9 Å². The third kappa shape index (κ3) is 3.20. The molecular formula is C9H14N4O2S. The van der Waals surface area contributed by atoms with Gasteiger partial charge in [0.1, 0.15) is 0 Å². The van der Waals surface area contributed by atoms with E-state index in [2.05, 4.69) is 15.5 Å². The van der Waals surface area contributed by atoms with Crippen molar-refractivity contribution < 1.29 is 10.0 Å². The summed E-state index contributed by atoms with van der Waals surface area (Å²) in [4.78, 5) is 15.7. The first-order chi connectivity index (χ1) is 7.69. The highest BCUT2D eigenvalue weighted by Crippen LogP contribution is 2.04. The second-order valence-corrected chi connectivity index (χ2v) is 3.90. The first kappa shape index (κ1) is 12.4. The van der Waals surface area contributed by atoms with E-state index in [0.717, 1.165) is 5.69 Å². The van der Waals surface area contributed by atoms with Gasteiger partial charge in [0, 0.05) is 5.38 Å². The van der Waals surface area contributed by atoms with E-state index in [-0.39, 0.29) is 11.7 Å². The Morgan fingerprint density at radius 2 is 2.56 bits per heavy atom. The number of thiazole rings is 1. The highest BCUT2D eigenvalue weighted by molar-refractivity contribution is 7.07. The van der Waals surface area contributed by atoms with E-state index >= 15 is 0 Å². The minimum absolute atomic E-state index is 0.0710. The van der Waals surface area contributed by atoms with Gasteiger partial charge in [-0.05, 0) is 6.42 Å². The second kappa shape index (κ2) is 6.06. The van der Waals surface area contributed by atoms with Gasteiger partial charge in [-0.3, -0.25) is 4.79 Å². The Bertz CT molecular complexity index is 364. The number of carbonyl (C=O) groups excluding carboxylic acids is 1. The van der Waals surface area contributed by atoms with Gasteiger partial charge in [0.05, 0.1) is 23.7 Å². The fourth-order valence-corrected chi connectivity index (χ4v) is 1.78. The molecule has 0 aliphatic carbocycles. The van der Waals surface area contributed by atoms with Crippen molar-refractivity contribution in [1.82, 2.24) is 10.3 Å². The topological polar surface area (TPSA) is 101 Å². The van der Waals surface area contributed by atoms with Gasteiger partial charge in [0.15, 0.2) is 5.84 Å². The Kier molecular flexibility index (Phi) is 4.71. The molecule has 16 heavy (non-hydrogen) atoms. The van der Waals surface area contributed by atoms with Crippen molar-refractivity contribution in [3.05, 3.63) is 16.6 Å². The summed E-state index contributed by atoms with van der Waals surface area (Å²) in [6.07, 6.45) is 0.485. The van der Waals surface area contributed by atoms with Gasteiger partial charge >= 0.3 is 0 Å². The minimum atomic E-state index is -0.594. The fraction of sp³-hybridized carbons (Fsp3) is 0.444. The molecule has 0 aliphatic rings. The lowest BCUT2D eigenvalue weighted by Crippen LogP contribution is -2.38. The Morgan fingerprint density at radius 1 is 1.81 bits per heavy atom. The monoisotopic (exact) mass is 242 g/mol. The number of nitrogens with one attached hydrogen (secondary N) is 1. The molecule has 1 heterocycles. The zero-order valence-corrected chi connectivity index (χ0v) is 9.70. The van der Waals surface area contributed by atoms with E-state index in [4.69, 9.17) is 10.9 Å². The molecule has 0 bridgehead atoms. The van der Waals surface area contributed by atoms with Crippen molar-refractivity contribution in [1.29, 1.82) is 0 Å². The van der Waals surface area contributed by atoms with Crippen LogP contribution in [0.3, 0.4) is 0 Å². The lowest BCUT2D eigenvalue weighted by molar-refractivity contribution is -0.123. The van der Waals surface area contributed by atoms with E-state index in [0.29, 0.717) is 13.0 Å². The van der Waals surface area contributed by atoms with Crippen LogP contribution in [-0.4, -0.2) is 21.9 Å². The van der Waals surface area contributed by atoms with E-state index in [1.54, 1.807) is 12.4 Å². The molecule has 88 valence electrons. The number of nitrogens with zero attached hydrogens (tertiary/aromatic N) is 2.